The molecule has 4 N–H and O–H groups in total. The van der Waals surface area contributed by atoms with Gasteiger partial charge >= 0.3 is 18.0 Å². The van der Waals surface area contributed by atoms with Gasteiger partial charge in [0.05, 0.1) is 7.11 Å². The zero-order valence-electron chi connectivity index (χ0n) is 37.2. The van der Waals surface area contributed by atoms with E-state index in [1.54, 1.807) is 5.38 Å². The molecule has 2 atom stereocenters. The fourth-order valence-electron chi connectivity index (χ4n) is 8.48. The molecular weight excluding hydrogens is 917 g/mol. The number of thiazole rings is 1. The number of rotatable bonds is 18. The molecule has 1 saturated heterocycles. The van der Waals surface area contributed by atoms with Crippen LogP contribution in [0.5, 0.6) is 0 Å². The molecular formula is C52H46N6O9S2. The van der Waals surface area contributed by atoms with Crippen molar-refractivity contribution in [2.45, 2.75) is 35.9 Å². The highest BCUT2D eigenvalue weighted by atomic mass is 32.2. The molecule has 0 spiro atoms. The monoisotopic (exact) mass is 962 g/mol. The first kappa shape index (κ1) is 46.4. The summed E-state index contributed by atoms with van der Waals surface area (Å²) in [6.45, 7) is -0.526. The number of fused-ring (bicyclic) bond motifs is 1. The lowest BCUT2D eigenvalue weighted by atomic mass is 9.77. The van der Waals surface area contributed by atoms with Crippen LogP contribution >= 0.6 is 23.1 Å². The van der Waals surface area contributed by atoms with E-state index in [1.165, 1.54) is 35.1 Å². The molecule has 0 unspecified atom stereocenters. The number of ether oxygens (including phenoxy) is 3. The van der Waals surface area contributed by atoms with Gasteiger partial charge in [-0.05, 0) is 40.7 Å². The third kappa shape index (κ3) is 9.55. The van der Waals surface area contributed by atoms with Crippen molar-refractivity contribution in [3.05, 3.63) is 202 Å². The van der Waals surface area contributed by atoms with Crippen LogP contribution in [-0.2, 0) is 43.8 Å². The van der Waals surface area contributed by atoms with Crippen molar-refractivity contribution >= 4 is 63.8 Å². The summed E-state index contributed by atoms with van der Waals surface area (Å²) in [5.74, 6) is -2.57. The van der Waals surface area contributed by atoms with Crippen molar-refractivity contribution in [1.82, 2.24) is 15.2 Å². The van der Waals surface area contributed by atoms with Gasteiger partial charge in [0.1, 0.15) is 47.0 Å². The Balaban J connectivity index is 1.02. The first-order valence-corrected chi connectivity index (χ1v) is 23.9. The van der Waals surface area contributed by atoms with Crippen LogP contribution in [0.3, 0.4) is 0 Å². The Morgan fingerprint density at radius 2 is 1.36 bits per heavy atom. The number of carbonyl (C=O) groups excluding carboxylic acids is 5. The van der Waals surface area contributed by atoms with E-state index in [-0.39, 0.29) is 36.1 Å². The predicted molar refractivity (Wildman–Crippen MR) is 260 cm³/mol. The van der Waals surface area contributed by atoms with Gasteiger partial charge in [-0.25, -0.2) is 14.6 Å². The van der Waals surface area contributed by atoms with Crippen molar-refractivity contribution in [3.8, 4) is 0 Å². The van der Waals surface area contributed by atoms with Gasteiger partial charge in [-0.15, -0.1) is 23.1 Å². The fourth-order valence-corrected chi connectivity index (χ4v) is 10.6. The Morgan fingerprint density at radius 3 is 1.87 bits per heavy atom. The number of benzene rings is 5. The Labute approximate surface area is 405 Å². The first-order chi connectivity index (χ1) is 33.6. The molecule has 3 aliphatic rings. The molecule has 69 heavy (non-hydrogen) atoms. The van der Waals surface area contributed by atoms with Crippen molar-refractivity contribution in [1.29, 1.82) is 0 Å². The third-order valence-electron chi connectivity index (χ3n) is 12.2. The normalized spacial score (nSPS) is 17.2. The number of aromatic nitrogens is 1. The summed E-state index contributed by atoms with van der Waals surface area (Å²) in [5.41, 5.74) is 7.73. The van der Waals surface area contributed by atoms with E-state index in [0.29, 0.717) is 34.7 Å². The summed E-state index contributed by atoms with van der Waals surface area (Å²) in [6.07, 6.45) is -0.868. The molecule has 2 aliphatic heterocycles. The largest absolute Gasteiger partial charge is 0.468 e. The molecule has 2 fully saturated rings. The predicted octanol–water partition coefficient (Wildman–Crippen LogP) is 7.30. The first-order valence-electron chi connectivity index (χ1n) is 22.0. The van der Waals surface area contributed by atoms with Gasteiger partial charge < -0.3 is 35.4 Å². The number of hydrogen-bond donors (Lipinski definition) is 3. The van der Waals surface area contributed by atoms with E-state index in [4.69, 9.17) is 29.8 Å². The molecule has 1 saturated carbocycles. The van der Waals surface area contributed by atoms with E-state index < -0.39 is 58.3 Å². The van der Waals surface area contributed by atoms with Crippen LogP contribution in [0.2, 0.25) is 0 Å². The fraction of sp³-hybridized carbons (Fsp3) is 0.212. The van der Waals surface area contributed by atoms with Crippen LogP contribution in [-0.4, -0.2) is 82.9 Å². The van der Waals surface area contributed by atoms with Crippen LogP contribution in [0.1, 0.15) is 52.5 Å². The average Bonchev–Trinajstić information content (AvgIpc) is 4.05. The number of nitrogens with two attached hydrogens (primary N) is 1. The highest BCUT2D eigenvalue weighted by Crippen LogP contribution is 2.47. The van der Waals surface area contributed by atoms with Gasteiger partial charge in [-0.1, -0.05) is 157 Å². The number of carbonyl (C=O) groups is 5. The van der Waals surface area contributed by atoms with Gasteiger partial charge in [-0.2, -0.15) is 0 Å². The van der Waals surface area contributed by atoms with E-state index in [9.17, 15) is 24.0 Å². The highest BCUT2D eigenvalue weighted by molar-refractivity contribution is 8.00. The van der Waals surface area contributed by atoms with Gasteiger partial charge in [0.2, 0.25) is 0 Å². The number of hydrogen-bond acceptors (Lipinski definition) is 14. The lowest BCUT2D eigenvalue weighted by molar-refractivity contribution is -0.154. The second-order valence-corrected chi connectivity index (χ2v) is 18.5. The minimum absolute atomic E-state index is 0.115. The molecule has 9 rings (SSSR count). The summed E-state index contributed by atoms with van der Waals surface area (Å²) in [6, 6.07) is 47.0. The van der Waals surface area contributed by atoms with Gasteiger partial charge in [0.15, 0.2) is 16.9 Å². The van der Waals surface area contributed by atoms with Crippen molar-refractivity contribution in [2.24, 2.45) is 16.3 Å². The second kappa shape index (κ2) is 20.2. The smallest absolute Gasteiger partial charge is 0.404 e. The second-order valence-electron chi connectivity index (χ2n) is 16.5. The van der Waals surface area contributed by atoms with Gasteiger partial charge in [0, 0.05) is 16.7 Å². The van der Waals surface area contributed by atoms with Crippen LogP contribution in [0, 0.1) is 5.41 Å². The maximum atomic E-state index is 14.6. The minimum Gasteiger partial charge on any atom is -0.468 e. The zero-order chi connectivity index (χ0) is 48.0. The Morgan fingerprint density at radius 1 is 0.826 bits per heavy atom. The van der Waals surface area contributed by atoms with Crippen molar-refractivity contribution in [2.75, 3.05) is 31.4 Å². The molecule has 6 aromatic rings. The van der Waals surface area contributed by atoms with E-state index in [0.717, 1.165) is 16.7 Å². The molecule has 1 aromatic heterocycles. The number of β-lactam (4-membered cyclic amide) rings is 1. The van der Waals surface area contributed by atoms with E-state index in [2.05, 4.69) is 15.8 Å². The molecule has 3 heterocycles. The Kier molecular flexibility index (Phi) is 13.6. The average molecular weight is 963 g/mol. The third-order valence-corrected chi connectivity index (χ3v) is 14.3. The zero-order valence-corrected chi connectivity index (χ0v) is 38.8. The maximum absolute atomic E-state index is 14.6. The number of thioether (sulfide) groups is 1. The number of oxime groups is 1. The van der Waals surface area contributed by atoms with Crippen molar-refractivity contribution < 1.29 is 43.0 Å². The van der Waals surface area contributed by atoms with E-state index >= 15 is 0 Å². The lowest BCUT2D eigenvalue weighted by Crippen LogP contribution is -2.71. The summed E-state index contributed by atoms with van der Waals surface area (Å²) in [4.78, 5) is 79.6. The van der Waals surface area contributed by atoms with Crippen LogP contribution < -0.4 is 16.4 Å². The number of anilines is 1. The lowest BCUT2D eigenvalue weighted by Gasteiger charge is -2.49. The molecule has 17 heteroatoms. The minimum atomic E-state index is -1.14. The Hall–Kier alpha value is -7.76. The number of nitrogens with one attached hydrogen (secondary N) is 2. The van der Waals surface area contributed by atoms with Crippen LogP contribution in [0.15, 0.2) is 173 Å². The standard InChI is InChI=1S/C52H46N6O9S2/c1-64-48(62)51(27-28-51)32-66-57-40(39-31-69-50(54-39)56-52(36-21-11-4-12-22-36,37-23-13-5-14-24-37)38-25-15-6-16-26-38)44(59)55-41-45(60)58-42(35(29-65-49(53)63)30-68-46(41)58)47(61)67-43(33-17-7-2-8-18-33)34-19-9-3-10-20-34/h2-26,31,41,43,46H,27-30,32H2,1H3,(H2,53,63)(H,54,56)(H,55,59)/b57-40-/t41-,46-/m1/s1. The number of nitrogens with zero attached hydrogens (tertiary/aromatic N) is 3. The highest BCUT2D eigenvalue weighted by Gasteiger charge is 2.55. The number of amides is 3. The van der Waals surface area contributed by atoms with Crippen molar-refractivity contribution in [3.63, 3.8) is 0 Å². The van der Waals surface area contributed by atoms with Gasteiger partial charge in [-0.3, -0.25) is 19.3 Å². The molecule has 3 amide bonds. The maximum Gasteiger partial charge on any atom is 0.404 e. The summed E-state index contributed by atoms with van der Waals surface area (Å²) in [7, 11) is 1.30. The van der Waals surface area contributed by atoms with E-state index in [1.807, 2.05) is 152 Å². The number of methoxy groups -OCH3 is 1. The molecule has 1 aliphatic carbocycles. The Bertz CT molecular complexity index is 2760. The molecule has 0 bridgehead atoms. The molecule has 5 aromatic carbocycles. The summed E-state index contributed by atoms with van der Waals surface area (Å²) < 4.78 is 16.3. The van der Waals surface area contributed by atoms with Crippen LogP contribution in [0.4, 0.5) is 9.93 Å². The van der Waals surface area contributed by atoms with Gasteiger partial charge in [0.25, 0.3) is 11.8 Å². The van der Waals surface area contributed by atoms with Crippen LogP contribution in [0.25, 0.3) is 0 Å². The topological polar surface area (TPSA) is 201 Å². The summed E-state index contributed by atoms with van der Waals surface area (Å²) >= 11 is 2.49. The number of esters is 2. The number of primary amides is 1. The quantitative estimate of drug-likeness (QED) is 0.0194. The molecule has 15 nitrogen and oxygen atoms in total. The summed E-state index contributed by atoms with van der Waals surface area (Å²) in [5, 5.41) is 12.1. The molecule has 0 radical (unpaired) electrons. The SMILES string of the molecule is COC(=O)C1(CO/N=C(\C(=O)N[C@@H]2C(=O)N3C(C(=O)OC(c4ccccc4)c4ccccc4)=C(COC(N)=O)CS[C@H]23)c2csc(NC(c3ccccc3)(c3ccccc3)c3ccccc3)n2)CC1. The molecule has 350 valence electrons.